The Kier molecular flexibility index (Phi) is 5.69. The second-order valence-electron chi connectivity index (χ2n) is 5.40. The van der Waals surface area contributed by atoms with E-state index in [-0.39, 0.29) is 0 Å². The van der Waals surface area contributed by atoms with Crippen molar-refractivity contribution in [2.24, 2.45) is 5.92 Å². The van der Waals surface area contributed by atoms with Crippen LogP contribution in [0.25, 0.3) is 11.4 Å². The summed E-state index contributed by atoms with van der Waals surface area (Å²) in [4.78, 5) is 8.88. The van der Waals surface area contributed by atoms with Gasteiger partial charge in [-0.2, -0.15) is 0 Å². The van der Waals surface area contributed by atoms with E-state index in [1.54, 1.807) is 0 Å². The van der Waals surface area contributed by atoms with Crippen molar-refractivity contribution in [3.8, 4) is 17.1 Å². The molecule has 0 saturated heterocycles. The highest BCUT2D eigenvalue weighted by atomic mass is 16.5. The number of ether oxygens (including phenoxy) is 1. The molecular weight excluding hydrogens is 262 g/mol. The predicted octanol–water partition coefficient (Wildman–Crippen LogP) is 3.29. The number of benzene rings is 1. The van der Waals surface area contributed by atoms with Crippen LogP contribution >= 0.6 is 0 Å². The van der Waals surface area contributed by atoms with Crippen LogP contribution in [0.3, 0.4) is 0 Å². The lowest BCUT2D eigenvalue weighted by atomic mass is 10.2. The maximum Gasteiger partial charge on any atom is 0.159 e. The van der Waals surface area contributed by atoms with Crippen molar-refractivity contribution in [3.63, 3.8) is 0 Å². The molecule has 0 unspecified atom stereocenters. The van der Waals surface area contributed by atoms with E-state index in [4.69, 9.17) is 4.74 Å². The van der Waals surface area contributed by atoms with Gasteiger partial charge in [0.2, 0.25) is 0 Å². The van der Waals surface area contributed by atoms with E-state index in [0.717, 1.165) is 35.8 Å². The molecule has 1 heterocycles. The first-order valence-corrected chi connectivity index (χ1v) is 7.44. The molecule has 0 spiro atoms. The Bertz CT molecular complexity index is 552. The van der Waals surface area contributed by atoms with E-state index in [1.807, 2.05) is 43.6 Å². The van der Waals surface area contributed by atoms with Gasteiger partial charge in [-0.05, 0) is 31.5 Å². The van der Waals surface area contributed by atoms with Gasteiger partial charge in [0.15, 0.2) is 5.82 Å². The third-order valence-corrected chi connectivity index (χ3v) is 2.99. The quantitative estimate of drug-likeness (QED) is 0.848. The molecule has 4 heteroatoms. The molecule has 1 aromatic heterocycles. The van der Waals surface area contributed by atoms with Gasteiger partial charge >= 0.3 is 0 Å². The Labute approximate surface area is 126 Å². The largest absolute Gasteiger partial charge is 0.494 e. The number of nitrogens with one attached hydrogen (secondary N) is 1. The van der Waals surface area contributed by atoms with Crippen molar-refractivity contribution >= 4 is 0 Å². The summed E-state index contributed by atoms with van der Waals surface area (Å²) in [6.07, 6.45) is 3.76. The summed E-state index contributed by atoms with van der Waals surface area (Å²) in [6, 6.07) is 7.86. The number of hydrogen-bond donors (Lipinski definition) is 1. The van der Waals surface area contributed by atoms with Crippen LogP contribution in [-0.2, 0) is 6.54 Å². The van der Waals surface area contributed by atoms with Crippen molar-refractivity contribution in [1.82, 2.24) is 15.3 Å². The van der Waals surface area contributed by atoms with Gasteiger partial charge in [0.1, 0.15) is 5.75 Å². The molecule has 0 bridgehead atoms. The second-order valence-corrected chi connectivity index (χ2v) is 5.40. The molecule has 1 N–H and O–H groups in total. The molecule has 2 rings (SSSR count). The zero-order valence-corrected chi connectivity index (χ0v) is 13.0. The topological polar surface area (TPSA) is 47.0 Å². The molecule has 0 fully saturated rings. The predicted molar refractivity (Wildman–Crippen MR) is 85.2 cm³/mol. The minimum absolute atomic E-state index is 0.645. The summed E-state index contributed by atoms with van der Waals surface area (Å²) in [5, 5.41) is 3.39. The van der Waals surface area contributed by atoms with E-state index >= 15 is 0 Å². The summed E-state index contributed by atoms with van der Waals surface area (Å²) in [6.45, 7) is 8.82. The molecular formula is C17H23N3O. The molecule has 112 valence electrons. The Balaban J connectivity index is 2.02. The highest BCUT2D eigenvalue weighted by Crippen LogP contribution is 2.20. The molecule has 0 atom stereocenters. The van der Waals surface area contributed by atoms with Crippen molar-refractivity contribution < 1.29 is 4.74 Å². The summed E-state index contributed by atoms with van der Waals surface area (Å²) in [5.41, 5.74) is 2.07. The van der Waals surface area contributed by atoms with Gasteiger partial charge in [-0.3, -0.25) is 0 Å². The number of rotatable bonds is 7. The maximum absolute atomic E-state index is 5.50. The fourth-order valence-electron chi connectivity index (χ4n) is 1.99. The lowest BCUT2D eigenvalue weighted by Gasteiger charge is -2.08. The fraction of sp³-hybridized carbons (Fsp3) is 0.412. The molecule has 0 radical (unpaired) electrons. The summed E-state index contributed by atoms with van der Waals surface area (Å²) in [7, 11) is 0. The van der Waals surface area contributed by atoms with Crippen molar-refractivity contribution in [2.75, 3.05) is 13.2 Å². The lowest BCUT2D eigenvalue weighted by molar-refractivity contribution is 0.340. The van der Waals surface area contributed by atoms with Crippen LogP contribution in [0.5, 0.6) is 5.75 Å². The van der Waals surface area contributed by atoms with E-state index in [2.05, 4.69) is 29.1 Å². The first-order valence-electron chi connectivity index (χ1n) is 7.44. The van der Waals surface area contributed by atoms with Crippen LogP contribution in [0.2, 0.25) is 0 Å². The van der Waals surface area contributed by atoms with Crippen LogP contribution in [0.15, 0.2) is 36.7 Å². The van der Waals surface area contributed by atoms with Gasteiger partial charge in [-0.25, -0.2) is 9.97 Å². The minimum atomic E-state index is 0.645. The first-order chi connectivity index (χ1) is 10.2. The highest BCUT2D eigenvalue weighted by molar-refractivity contribution is 5.57. The van der Waals surface area contributed by atoms with Crippen LogP contribution in [0, 0.1) is 5.92 Å². The molecule has 0 aliphatic rings. The Morgan fingerprint density at radius 2 is 1.95 bits per heavy atom. The van der Waals surface area contributed by atoms with Crippen LogP contribution in [0.1, 0.15) is 26.3 Å². The standard InChI is InChI=1S/C17H23N3O/c1-4-21-16-7-5-6-15(8-16)17-19-11-14(12-20-17)10-18-9-13(2)3/h5-8,11-13,18H,4,9-10H2,1-3H3. The van der Waals surface area contributed by atoms with Crippen molar-refractivity contribution in [3.05, 3.63) is 42.2 Å². The summed E-state index contributed by atoms with van der Waals surface area (Å²) < 4.78 is 5.50. The summed E-state index contributed by atoms with van der Waals surface area (Å²) >= 11 is 0. The average Bonchev–Trinajstić information content (AvgIpc) is 2.48. The second kappa shape index (κ2) is 7.74. The van der Waals surface area contributed by atoms with Crippen molar-refractivity contribution in [1.29, 1.82) is 0 Å². The fourth-order valence-corrected chi connectivity index (χ4v) is 1.99. The molecule has 0 amide bonds. The zero-order chi connectivity index (χ0) is 15.1. The van der Waals surface area contributed by atoms with Crippen LogP contribution in [-0.4, -0.2) is 23.1 Å². The molecule has 1 aromatic carbocycles. The van der Waals surface area contributed by atoms with Gasteiger partial charge in [-0.15, -0.1) is 0 Å². The average molecular weight is 285 g/mol. The molecule has 2 aromatic rings. The molecule has 4 nitrogen and oxygen atoms in total. The van der Waals surface area contributed by atoms with Gasteiger partial charge in [-0.1, -0.05) is 26.0 Å². The molecule has 21 heavy (non-hydrogen) atoms. The van der Waals surface area contributed by atoms with E-state index in [9.17, 15) is 0 Å². The lowest BCUT2D eigenvalue weighted by Crippen LogP contribution is -2.19. The first kappa shape index (κ1) is 15.4. The van der Waals surface area contributed by atoms with Crippen molar-refractivity contribution in [2.45, 2.75) is 27.3 Å². The summed E-state index contributed by atoms with van der Waals surface area (Å²) in [5.74, 6) is 2.22. The number of aromatic nitrogens is 2. The normalized spacial score (nSPS) is 10.9. The van der Waals surface area contributed by atoms with E-state index in [1.165, 1.54) is 0 Å². The Hall–Kier alpha value is -1.94. The maximum atomic E-state index is 5.50. The number of nitrogens with zero attached hydrogens (tertiary/aromatic N) is 2. The van der Waals surface area contributed by atoms with Crippen LogP contribution < -0.4 is 10.1 Å². The molecule has 0 aliphatic heterocycles. The van der Waals surface area contributed by atoms with Gasteiger partial charge < -0.3 is 10.1 Å². The van der Waals surface area contributed by atoms with Gasteiger partial charge in [0.05, 0.1) is 6.61 Å². The molecule has 0 saturated carbocycles. The van der Waals surface area contributed by atoms with E-state index in [0.29, 0.717) is 12.5 Å². The number of hydrogen-bond acceptors (Lipinski definition) is 4. The third-order valence-electron chi connectivity index (χ3n) is 2.99. The monoisotopic (exact) mass is 285 g/mol. The Morgan fingerprint density at radius 3 is 2.62 bits per heavy atom. The van der Waals surface area contributed by atoms with Crippen LogP contribution in [0.4, 0.5) is 0 Å². The molecule has 0 aliphatic carbocycles. The minimum Gasteiger partial charge on any atom is -0.494 e. The Morgan fingerprint density at radius 1 is 1.19 bits per heavy atom. The van der Waals surface area contributed by atoms with E-state index < -0.39 is 0 Å². The third kappa shape index (κ3) is 4.83. The van der Waals surface area contributed by atoms with Gasteiger partial charge in [0.25, 0.3) is 0 Å². The zero-order valence-electron chi connectivity index (χ0n) is 13.0. The highest BCUT2D eigenvalue weighted by Gasteiger charge is 2.03. The smallest absolute Gasteiger partial charge is 0.159 e. The SMILES string of the molecule is CCOc1cccc(-c2ncc(CNCC(C)C)cn2)c1. The van der Waals surface area contributed by atoms with Gasteiger partial charge in [0, 0.05) is 30.1 Å².